The normalized spacial score (nSPS) is 24.6. The van der Waals surface area contributed by atoms with Crippen molar-refractivity contribution < 1.29 is 0 Å². The number of hydrogen-bond acceptors (Lipinski definition) is 5. The summed E-state index contributed by atoms with van der Waals surface area (Å²) in [5.41, 5.74) is 8.29. The molecule has 0 aromatic carbocycles. The highest BCUT2D eigenvalue weighted by Gasteiger charge is 2.32. The van der Waals surface area contributed by atoms with Crippen molar-refractivity contribution in [2.75, 3.05) is 13.1 Å². The highest BCUT2D eigenvalue weighted by atomic mass is 32.1. The summed E-state index contributed by atoms with van der Waals surface area (Å²) in [6.45, 7) is 4.66. The van der Waals surface area contributed by atoms with E-state index < -0.39 is 0 Å². The van der Waals surface area contributed by atoms with Gasteiger partial charge in [0.15, 0.2) is 0 Å². The van der Waals surface area contributed by atoms with Gasteiger partial charge in [0.05, 0.1) is 22.3 Å². The Hall–Kier alpha value is -1.66. The lowest BCUT2D eigenvalue weighted by atomic mass is 9.91. The van der Waals surface area contributed by atoms with E-state index in [4.69, 9.17) is 5.73 Å². The Kier molecular flexibility index (Phi) is 4.41. The Bertz CT molecular complexity index is 716. The van der Waals surface area contributed by atoms with Crippen molar-refractivity contribution in [3.8, 4) is 10.6 Å². The number of amidine groups is 1. The first-order valence-electron chi connectivity index (χ1n) is 8.95. The van der Waals surface area contributed by atoms with Crippen LogP contribution in [0, 0.1) is 5.92 Å². The lowest BCUT2D eigenvalue weighted by molar-refractivity contribution is 0.122. The molecule has 2 unspecified atom stereocenters. The fraction of sp³-hybridized carbons (Fsp3) is 0.556. The van der Waals surface area contributed by atoms with Crippen molar-refractivity contribution in [1.82, 2.24) is 15.1 Å². The van der Waals surface area contributed by atoms with E-state index in [9.17, 15) is 0 Å². The predicted molar refractivity (Wildman–Crippen MR) is 99.7 cm³/mol. The van der Waals surface area contributed by atoms with Gasteiger partial charge < -0.3 is 5.73 Å². The largest absolute Gasteiger partial charge is 0.387 e. The Morgan fingerprint density at radius 1 is 1.46 bits per heavy atom. The number of hydrogen-bond donors (Lipinski definition) is 2. The Balaban J connectivity index is 1.63. The van der Waals surface area contributed by atoms with E-state index in [1.165, 1.54) is 48.5 Å². The minimum absolute atomic E-state index is 0.388. The lowest BCUT2D eigenvalue weighted by Crippen LogP contribution is -2.40. The summed E-state index contributed by atoms with van der Waals surface area (Å²) in [5, 5.41) is 7.13. The van der Waals surface area contributed by atoms with Gasteiger partial charge in [0.25, 0.3) is 0 Å². The van der Waals surface area contributed by atoms with Gasteiger partial charge in [0.1, 0.15) is 5.84 Å². The third-order valence-corrected chi connectivity index (χ3v) is 6.42. The molecule has 2 aromatic heterocycles. The van der Waals surface area contributed by atoms with Gasteiger partial charge in [-0.15, -0.1) is 11.3 Å². The van der Waals surface area contributed by atoms with Crippen molar-refractivity contribution in [2.24, 2.45) is 16.6 Å². The molecule has 6 heteroatoms. The van der Waals surface area contributed by atoms with Crippen LogP contribution in [0.2, 0.25) is 0 Å². The standard InChI is InChI=1S/C18H25N5S/c1-2-4-12-5-3-8-23(11-12)15-10-17(19)21-14-9-16(24-18(14)15)13-6-7-20-22-13/h6-7,9,12,15H,2-5,8,10-11H2,1H3,(H2,19,21)(H,20,22). The summed E-state index contributed by atoms with van der Waals surface area (Å²) in [5.74, 6) is 1.60. The highest BCUT2D eigenvalue weighted by molar-refractivity contribution is 7.16. The maximum Gasteiger partial charge on any atom is 0.102 e. The Morgan fingerprint density at radius 3 is 3.17 bits per heavy atom. The summed E-state index contributed by atoms with van der Waals surface area (Å²) in [4.78, 5) is 9.83. The van der Waals surface area contributed by atoms with Crippen LogP contribution in [0.3, 0.4) is 0 Å². The van der Waals surface area contributed by atoms with E-state index in [1.807, 2.05) is 17.4 Å². The number of piperidine rings is 1. The SMILES string of the molecule is CCCC1CCCN(C2CC(N)=Nc3cc(-c4ccn[nH]4)sc32)C1. The van der Waals surface area contributed by atoms with E-state index in [-0.39, 0.29) is 0 Å². The zero-order chi connectivity index (χ0) is 16.5. The smallest absolute Gasteiger partial charge is 0.102 e. The summed E-state index contributed by atoms with van der Waals surface area (Å²) < 4.78 is 0. The van der Waals surface area contributed by atoms with E-state index in [0.29, 0.717) is 6.04 Å². The van der Waals surface area contributed by atoms with Crippen LogP contribution in [0.5, 0.6) is 0 Å². The Labute approximate surface area is 147 Å². The van der Waals surface area contributed by atoms with E-state index in [2.05, 4.69) is 33.1 Å². The number of H-pyrrole nitrogens is 1. The fourth-order valence-electron chi connectivity index (χ4n) is 4.06. The monoisotopic (exact) mass is 343 g/mol. The number of nitrogens with zero attached hydrogens (tertiary/aromatic N) is 3. The van der Waals surface area contributed by atoms with Gasteiger partial charge in [0.2, 0.25) is 0 Å². The van der Waals surface area contributed by atoms with E-state index >= 15 is 0 Å². The number of thiophene rings is 1. The molecule has 2 aliphatic rings. The maximum absolute atomic E-state index is 6.18. The number of nitrogens with two attached hydrogens (primary N) is 1. The summed E-state index contributed by atoms with van der Waals surface area (Å²) >= 11 is 1.84. The number of aromatic nitrogens is 2. The first kappa shape index (κ1) is 15.8. The molecule has 1 saturated heterocycles. The van der Waals surface area contributed by atoms with Crippen LogP contribution in [-0.2, 0) is 0 Å². The molecule has 0 amide bonds. The van der Waals surface area contributed by atoms with Crippen LogP contribution in [0.25, 0.3) is 10.6 Å². The molecule has 0 saturated carbocycles. The quantitative estimate of drug-likeness (QED) is 0.878. The molecule has 0 bridgehead atoms. The van der Waals surface area contributed by atoms with Crippen LogP contribution < -0.4 is 5.73 Å². The summed E-state index contributed by atoms with van der Waals surface area (Å²) in [6.07, 6.45) is 7.94. The minimum atomic E-state index is 0.388. The van der Waals surface area contributed by atoms with Crippen LogP contribution >= 0.6 is 11.3 Å². The first-order valence-corrected chi connectivity index (χ1v) is 9.76. The van der Waals surface area contributed by atoms with E-state index in [0.717, 1.165) is 29.6 Å². The van der Waals surface area contributed by atoms with Crippen LogP contribution in [-0.4, -0.2) is 34.0 Å². The van der Waals surface area contributed by atoms with Gasteiger partial charge >= 0.3 is 0 Å². The first-order chi connectivity index (χ1) is 11.7. The zero-order valence-corrected chi connectivity index (χ0v) is 15.0. The molecule has 24 heavy (non-hydrogen) atoms. The van der Waals surface area contributed by atoms with Crippen molar-refractivity contribution >= 4 is 22.9 Å². The average Bonchev–Trinajstić information content (AvgIpc) is 3.23. The second kappa shape index (κ2) is 6.69. The molecule has 2 aromatic rings. The average molecular weight is 344 g/mol. The number of rotatable bonds is 4. The third kappa shape index (κ3) is 3.00. The van der Waals surface area contributed by atoms with Gasteiger partial charge in [-0.3, -0.25) is 10.00 Å². The number of aromatic amines is 1. The molecule has 0 radical (unpaired) electrons. The van der Waals surface area contributed by atoms with Crippen LogP contribution in [0.4, 0.5) is 5.69 Å². The van der Waals surface area contributed by atoms with Gasteiger partial charge in [-0.25, -0.2) is 4.99 Å². The molecule has 5 nitrogen and oxygen atoms in total. The third-order valence-electron chi connectivity index (χ3n) is 5.16. The van der Waals surface area contributed by atoms with Crippen molar-refractivity contribution in [3.05, 3.63) is 23.2 Å². The second-order valence-corrected chi connectivity index (χ2v) is 8.03. The second-order valence-electron chi connectivity index (χ2n) is 6.95. The molecule has 2 aliphatic heterocycles. The fourth-order valence-corrected chi connectivity index (χ4v) is 5.27. The van der Waals surface area contributed by atoms with Gasteiger partial charge in [-0.1, -0.05) is 13.3 Å². The molecule has 2 atom stereocenters. The number of aliphatic imine (C=N–C) groups is 1. The molecular weight excluding hydrogens is 318 g/mol. The van der Waals surface area contributed by atoms with Gasteiger partial charge in [-0.2, -0.15) is 5.10 Å². The van der Waals surface area contributed by atoms with Gasteiger partial charge in [0, 0.05) is 24.0 Å². The van der Waals surface area contributed by atoms with Crippen molar-refractivity contribution in [3.63, 3.8) is 0 Å². The maximum atomic E-state index is 6.18. The molecule has 128 valence electrons. The van der Waals surface area contributed by atoms with Crippen LogP contribution in [0.1, 0.15) is 49.9 Å². The number of fused-ring (bicyclic) bond motifs is 1. The van der Waals surface area contributed by atoms with Crippen molar-refractivity contribution in [2.45, 2.75) is 45.1 Å². The highest BCUT2D eigenvalue weighted by Crippen LogP contribution is 2.45. The van der Waals surface area contributed by atoms with Crippen molar-refractivity contribution in [1.29, 1.82) is 0 Å². The molecule has 0 aliphatic carbocycles. The zero-order valence-electron chi connectivity index (χ0n) is 14.2. The topological polar surface area (TPSA) is 70.3 Å². The molecule has 0 spiro atoms. The molecule has 1 fully saturated rings. The Morgan fingerprint density at radius 2 is 2.38 bits per heavy atom. The summed E-state index contributed by atoms with van der Waals surface area (Å²) in [6, 6.07) is 4.55. The molecule has 3 N–H and O–H groups in total. The van der Waals surface area contributed by atoms with E-state index in [1.54, 1.807) is 6.20 Å². The lowest BCUT2D eigenvalue weighted by Gasteiger charge is -2.39. The minimum Gasteiger partial charge on any atom is -0.387 e. The molecular formula is C18H25N5S. The molecule has 4 rings (SSSR count). The molecule has 4 heterocycles. The predicted octanol–water partition coefficient (Wildman–Crippen LogP) is 4.08. The number of likely N-dealkylation sites (tertiary alicyclic amines) is 1. The summed E-state index contributed by atoms with van der Waals surface area (Å²) in [7, 11) is 0. The number of nitrogens with one attached hydrogen (secondary N) is 1. The van der Waals surface area contributed by atoms with Crippen LogP contribution in [0.15, 0.2) is 23.3 Å². The van der Waals surface area contributed by atoms with Gasteiger partial charge in [-0.05, 0) is 43.9 Å².